The summed E-state index contributed by atoms with van der Waals surface area (Å²) in [6.45, 7) is -1.23. The van der Waals surface area contributed by atoms with Crippen LogP contribution in [0.15, 0.2) is 53.4 Å². The molecule has 0 saturated carbocycles. The van der Waals surface area contributed by atoms with E-state index in [1.54, 1.807) is 19.1 Å². The van der Waals surface area contributed by atoms with Crippen LogP contribution in [0.1, 0.15) is 11.1 Å². The Morgan fingerprint density at radius 1 is 1.14 bits per heavy atom. The van der Waals surface area contributed by atoms with Gasteiger partial charge in [0.25, 0.3) is 0 Å². The second-order valence-corrected chi connectivity index (χ2v) is 8.16. The Morgan fingerprint density at radius 2 is 1.79 bits per heavy atom. The molecule has 0 fully saturated rings. The summed E-state index contributed by atoms with van der Waals surface area (Å²) in [7, 11) is -0.773. The number of sulfonamides is 1. The van der Waals surface area contributed by atoms with Gasteiger partial charge in [-0.25, -0.2) is 12.7 Å². The molecular formula is C19H20F2N2O4S. The number of anilines is 1. The second kappa shape index (κ2) is 8.94. The lowest BCUT2D eigenvalue weighted by molar-refractivity contribution is -0.111. The number of aryl methyl sites for hydroxylation is 1. The Morgan fingerprint density at radius 3 is 2.36 bits per heavy atom. The number of ether oxygens (including phenoxy) is 1. The summed E-state index contributed by atoms with van der Waals surface area (Å²) in [5.74, 6) is -0.448. The van der Waals surface area contributed by atoms with E-state index in [2.05, 4.69) is 10.1 Å². The molecule has 0 atom stereocenters. The van der Waals surface area contributed by atoms with E-state index in [0.29, 0.717) is 16.8 Å². The fraction of sp³-hybridized carbons (Fsp3) is 0.211. The van der Waals surface area contributed by atoms with Gasteiger partial charge in [-0.2, -0.15) is 8.78 Å². The monoisotopic (exact) mass is 410 g/mol. The third-order valence-electron chi connectivity index (χ3n) is 3.75. The van der Waals surface area contributed by atoms with E-state index < -0.39 is 22.5 Å². The van der Waals surface area contributed by atoms with Crippen LogP contribution in [0.5, 0.6) is 5.75 Å². The average Bonchev–Trinajstić information content (AvgIpc) is 2.62. The van der Waals surface area contributed by atoms with Crippen molar-refractivity contribution in [2.24, 2.45) is 0 Å². The van der Waals surface area contributed by atoms with Gasteiger partial charge in [-0.1, -0.05) is 18.2 Å². The normalized spacial score (nSPS) is 12.0. The number of nitrogens with one attached hydrogen (secondary N) is 1. The topological polar surface area (TPSA) is 75.7 Å². The number of hydrogen-bond donors (Lipinski definition) is 1. The highest BCUT2D eigenvalue weighted by atomic mass is 32.2. The van der Waals surface area contributed by atoms with Crippen molar-refractivity contribution in [2.75, 3.05) is 19.4 Å². The van der Waals surface area contributed by atoms with Crippen LogP contribution in [0.25, 0.3) is 6.08 Å². The fourth-order valence-corrected chi connectivity index (χ4v) is 3.41. The molecule has 1 amide bonds. The zero-order valence-corrected chi connectivity index (χ0v) is 16.3. The first kappa shape index (κ1) is 21.5. The van der Waals surface area contributed by atoms with Crippen molar-refractivity contribution in [3.05, 3.63) is 59.7 Å². The van der Waals surface area contributed by atoms with Crippen molar-refractivity contribution in [1.29, 1.82) is 0 Å². The lowest BCUT2D eigenvalue weighted by atomic mass is 10.2. The molecule has 0 unspecified atom stereocenters. The maximum absolute atomic E-state index is 12.3. The lowest BCUT2D eigenvalue weighted by Crippen LogP contribution is -2.23. The highest BCUT2D eigenvalue weighted by Crippen LogP contribution is 2.22. The zero-order valence-electron chi connectivity index (χ0n) is 15.5. The van der Waals surface area contributed by atoms with Gasteiger partial charge < -0.3 is 10.1 Å². The number of hydrogen-bond acceptors (Lipinski definition) is 4. The Balaban J connectivity index is 2.10. The van der Waals surface area contributed by atoms with Crippen LogP contribution in [0.2, 0.25) is 0 Å². The molecule has 150 valence electrons. The number of alkyl halides is 2. The van der Waals surface area contributed by atoms with Gasteiger partial charge >= 0.3 is 6.61 Å². The van der Waals surface area contributed by atoms with Gasteiger partial charge in [-0.15, -0.1) is 0 Å². The lowest BCUT2D eigenvalue weighted by Gasteiger charge is -2.14. The Bertz CT molecular complexity index is 972. The van der Waals surface area contributed by atoms with E-state index in [0.717, 1.165) is 4.31 Å². The van der Waals surface area contributed by atoms with E-state index in [1.165, 1.54) is 56.6 Å². The minimum Gasteiger partial charge on any atom is -0.435 e. The fourth-order valence-electron chi connectivity index (χ4n) is 2.27. The van der Waals surface area contributed by atoms with Crippen molar-refractivity contribution < 1.29 is 26.7 Å². The van der Waals surface area contributed by atoms with Crippen LogP contribution < -0.4 is 10.1 Å². The van der Waals surface area contributed by atoms with Crippen molar-refractivity contribution in [3.8, 4) is 5.75 Å². The molecule has 28 heavy (non-hydrogen) atoms. The summed E-state index contributed by atoms with van der Waals surface area (Å²) in [6, 6.07) is 10.4. The number of nitrogens with zero attached hydrogens (tertiary/aromatic N) is 1. The Kier molecular flexibility index (Phi) is 6.87. The van der Waals surface area contributed by atoms with Crippen LogP contribution in [0, 0.1) is 6.92 Å². The summed E-state index contributed by atoms with van der Waals surface area (Å²) in [5, 5.41) is 2.60. The molecule has 2 aromatic rings. The van der Waals surface area contributed by atoms with Crippen LogP contribution >= 0.6 is 0 Å². The molecule has 0 aromatic heterocycles. The van der Waals surface area contributed by atoms with Crippen LogP contribution in [0.4, 0.5) is 14.5 Å². The van der Waals surface area contributed by atoms with Crippen molar-refractivity contribution in [3.63, 3.8) is 0 Å². The molecule has 0 heterocycles. The molecule has 2 aromatic carbocycles. The second-order valence-electron chi connectivity index (χ2n) is 6.04. The highest BCUT2D eigenvalue weighted by molar-refractivity contribution is 7.89. The molecule has 0 saturated heterocycles. The highest BCUT2D eigenvalue weighted by Gasteiger charge is 2.20. The summed E-state index contributed by atoms with van der Waals surface area (Å²) in [4.78, 5) is 12.2. The van der Waals surface area contributed by atoms with Gasteiger partial charge in [-0.05, 0) is 48.4 Å². The first-order valence-corrected chi connectivity index (χ1v) is 9.60. The van der Waals surface area contributed by atoms with Crippen molar-refractivity contribution >= 4 is 27.7 Å². The van der Waals surface area contributed by atoms with Crippen LogP contribution in [0.3, 0.4) is 0 Å². The molecule has 0 aliphatic carbocycles. The third kappa shape index (κ3) is 5.61. The first-order valence-electron chi connectivity index (χ1n) is 8.16. The quantitative estimate of drug-likeness (QED) is 0.709. The number of amides is 1. The van der Waals surface area contributed by atoms with E-state index in [1.807, 2.05) is 0 Å². The minimum absolute atomic E-state index is 0.0193. The van der Waals surface area contributed by atoms with Gasteiger partial charge in [0.15, 0.2) is 0 Å². The van der Waals surface area contributed by atoms with E-state index >= 15 is 0 Å². The predicted molar refractivity (Wildman–Crippen MR) is 103 cm³/mol. The average molecular weight is 410 g/mol. The van der Waals surface area contributed by atoms with Gasteiger partial charge in [0.2, 0.25) is 15.9 Å². The zero-order chi connectivity index (χ0) is 20.9. The summed E-state index contributed by atoms with van der Waals surface area (Å²) in [6.07, 6.45) is 2.75. The summed E-state index contributed by atoms with van der Waals surface area (Å²) < 4.78 is 54.3. The molecule has 0 aliphatic rings. The SMILES string of the molecule is Cc1ccc(NC(=O)/C=C/c2ccc(OC(F)F)cc2)cc1S(=O)(=O)N(C)C. The van der Waals surface area contributed by atoms with Crippen LogP contribution in [-0.2, 0) is 14.8 Å². The molecule has 0 bridgehead atoms. The minimum atomic E-state index is -3.64. The van der Waals surface area contributed by atoms with E-state index in [9.17, 15) is 22.0 Å². The predicted octanol–water partition coefficient (Wildman–Crippen LogP) is 3.50. The third-order valence-corrected chi connectivity index (χ3v) is 5.70. The number of benzene rings is 2. The first-order chi connectivity index (χ1) is 13.1. The molecule has 0 spiro atoms. The van der Waals surface area contributed by atoms with E-state index in [4.69, 9.17) is 0 Å². The number of halogens is 2. The maximum Gasteiger partial charge on any atom is 0.387 e. The van der Waals surface area contributed by atoms with Gasteiger partial charge in [0, 0.05) is 25.9 Å². The van der Waals surface area contributed by atoms with E-state index in [-0.39, 0.29) is 10.6 Å². The van der Waals surface area contributed by atoms with Gasteiger partial charge in [0.05, 0.1) is 4.90 Å². The molecule has 9 heteroatoms. The molecule has 6 nitrogen and oxygen atoms in total. The summed E-state index contributed by atoms with van der Waals surface area (Å²) in [5.41, 5.74) is 1.51. The molecular weight excluding hydrogens is 390 g/mol. The maximum atomic E-state index is 12.3. The molecule has 2 rings (SSSR count). The number of rotatable bonds is 7. The smallest absolute Gasteiger partial charge is 0.387 e. The molecule has 0 aliphatic heterocycles. The largest absolute Gasteiger partial charge is 0.435 e. The Labute approximate surface area is 162 Å². The molecule has 0 radical (unpaired) electrons. The number of carbonyl (C=O) groups excluding carboxylic acids is 1. The van der Waals surface area contributed by atoms with Crippen molar-refractivity contribution in [1.82, 2.24) is 4.31 Å². The standard InChI is InChI=1S/C19H20F2N2O4S/c1-13-4-8-15(12-17(13)28(25,26)23(2)3)22-18(24)11-7-14-5-9-16(10-6-14)27-19(20)21/h4-12,19H,1-3H3,(H,22,24)/b11-7+. The molecule has 1 N–H and O–H groups in total. The van der Waals surface area contributed by atoms with Gasteiger partial charge in [0.1, 0.15) is 5.75 Å². The van der Waals surface area contributed by atoms with Crippen molar-refractivity contribution in [2.45, 2.75) is 18.4 Å². The van der Waals surface area contributed by atoms with Crippen LogP contribution in [-0.4, -0.2) is 39.3 Å². The number of carbonyl (C=O) groups is 1. The Hall–Kier alpha value is -2.78. The summed E-state index contributed by atoms with van der Waals surface area (Å²) >= 11 is 0. The van der Waals surface area contributed by atoms with Gasteiger partial charge in [-0.3, -0.25) is 4.79 Å².